The van der Waals surface area contributed by atoms with E-state index < -0.39 is 0 Å². The highest BCUT2D eigenvalue weighted by atomic mass is 16.2. The number of rotatable bonds is 9. The quantitative estimate of drug-likeness (QED) is 0.701. The van der Waals surface area contributed by atoms with Crippen molar-refractivity contribution in [1.82, 2.24) is 10.2 Å². The molecule has 0 aliphatic heterocycles. The van der Waals surface area contributed by atoms with Gasteiger partial charge in [0.25, 0.3) is 0 Å². The van der Waals surface area contributed by atoms with E-state index in [9.17, 15) is 14.4 Å². The zero-order valence-electron chi connectivity index (χ0n) is 16.4. The Bertz CT molecular complexity index is 806. The smallest absolute Gasteiger partial charge is 0.243 e. The lowest BCUT2D eigenvalue weighted by atomic mass is 10.2. The highest BCUT2D eigenvalue weighted by Crippen LogP contribution is 2.09. The fourth-order valence-electron chi connectivity index (χ4n) is 2.74. The fraction of sp³-hybridized carbons (Fsp3) is 0.318. The zero-order valence-corrected chi connectivity index (χ0v) is 16.4. The van der Waals surface area contributed by atoms with Crippen LogP contribution in [0.4, 0.5) is 5.69 Å². The summed E-state index contributed by atoms with van der Waals surface area (Å²) < 4.78 is 0. The normalized spacial score (nSPS) is 10.2. The maximum Gasteiger partial charge on any atom is 0.243 e. The molecule has 2 aromatic carbocycles. The molecule has 6 heteroatoms. The Morgan fingerprint density at radius 2 is 1.71 bits per heavy atom. The van der Waals surface area contributed by atoms with Crippen LogP contribution < -0.4 is 10.6 Å². The van der Waals surface area contributed by atoms with E-state index in [-0.39, 0.29) is 30.8 Å². The Balaban J connectivity index is 1.87. The number of carbonyl (C=O) groups is 3. The van der Waals surface area contributed by atoms with Gasteiger partial charge in [-0.05, 0) is 36.6 Å². The van der Waals surface area contributed by atoms with Crippen LogP contribution in [0.3, 0.4) is 0 Å². The molecule has 0 aliphatic carbocycles. The molecule has 0 heterocycles. The number of benzene rings is 2. The summed E-state index contributed by atoms with van der Waals surface area (Å²) in [6.07, 6.45) is 1.10. The van der Waals surface area contributed by atoms with Crippen molar-refractivity contribution in [3.05, 3.63) is 65.7 Å². The van der Waals surface area contributed by atoms with Gasteiger partial charge in [0, 0.05) is 18.7 Å². The topological polar surface area (TPSA) is 78.5 Å². The van der Waals surface area contributed by atoms with Crippen LogP contribution >= 0.6 is 0 Å². The fourth-order valence-corrected chi connectivity index (χ4v) is 2.74. The van der Waals surface area contributed by atoms with E-state index in [1.165, 1.54) is 4.90 Å². The summed E-state index contributed by atoms with van der Waals surface area (Å²) in [6.45, 7) is 4.00. The van der Waals surface area contributed by atoms with Crippen molar-refractivity contribution in [3.8, 4) is 0 Å². The van der Waals surface area contributed by atoms with Gasteiger partial charge in [-0.25, -0.2) is 0 Å². The van der Waals surface area contributed by atoms with Gasteiger partial charge in [-0.3, -0.25) is 14.4 Å². The molecule has 3 amide bonds. The largest absolute Gasteiger partial charge is 0.345 e. The number of aryl methyl sites for hydroxylation is 1. The van der Waals surface area contributed by atoms with Crippen LogP contribution in [0.1, 0.15) is 30.9 Å². The Hall–Kier alpha value is -3.15. The monoisotopic (exact) mass is 381 g/mol. The maximum atomic E-state index is 12.4. The molecule has 0 spiro atoms. The van der Waals surface area contributed by atoms with Gasteiger partial charge in [-0.15, -0.1) is 0 Å². The van der Waals surface area contributed by atoms with Crippen LogP contribution in [0.2, 0.25) is 0 Å². The number of hydrogen-bond acceptors (Lipinski definition) is 3. The molecule has 0 aromatic heterocycles. The third-order valence-electron chi connectivity index (χ3n) is 4.12. The van der Waals surface area contributed by atoms with E-state index in [4.69, 9.17) is 0 Å². The summed E-state index contributed by atoms with van der Waals surface area (Å²) in [5.74, 6) is -0.751. The maximum absolute atomic E-state index is 12.4. The third-order valence-corrected chi connectivity index (χ3v) is 4.12. The van der Waals surface area contributed by atoms with Gasteiger partial charge in [0.15, 0.2) is 0 Å². The molecule has 0 saturated carbocycles. The molecule has 0 atom stereocenters. The summed E-state index contributed by atoms with van der Waals surface area (Å²) in [6, 6.07) is 17.0. The molecule has 2 aromatic rings. The highest BCUT2D eigenvalue weighted by molar-refractivity contribution is 5.95. The first-order valence-electron chi connectivity index (χ1n) is 9.43. The lowest BCUT2D eigenvalue weighted by Gasteiger charge is -2.22. The zero-order chi connectivity index (χ0) is 20.4. The lowest BCUT2D eigenvalue weighted by molar-refractivity contribution is -0.136. The minimum absolute atomic E-state index is 0.0779. The predicted molar refractivity (Wildman–Crippen MR) is 110 cm³/mol. The van der Waals surface area contributed by atoms with Crippen LogP contribution in [0.15, 0.2) is 54.6 Å². The van der Waals surface area contributed by atoms with Gasteiger partial charge in [0.2, 0.25) is 17.7 Å². The van der Waals surface area contributed by atoms with Gasteiger partial charge < -0.3 is 15.5 Å². The molecule has 2 N–H and O–H groups in total. The standard InChI is InChI=1S/C22H27N3O3/c1-3-8-22(28)25(15-18-10-5-4-6-11-18)16-21(27)23-14-20(26)24-19-12-7-9-17(2)13-19/h4-7,9-13H,3,8,14-16H2,1-2H3,(H,23,27)(H,24,26). The van der Waals surface area contributed by atoms with Crippen molar-refractivity contribution in [3.63, 3.8) is 0 Å². The van der Waals surface area contributed by atoms with Crippen molar-refractivity contribution in [1.29, 1.82) is 0 Å². The first-order valence-corrected chi connectivity index (χ1v) is 9.43. The number of amides is 3. The molecular weight excluding hydrogens is 354 g/mol. The van der Waals surface area contributed by atoms with Crippen molar-refractivity contribution in [2.24, 2.45) is 0 Å². The molecule has 0 saturated heterocycles. The van der Waals surface area contributed by atoms with E-state index in [1.807, 2.05) is 62.4 Å². The summed E-state index contributed by atoms with van der Waals surface area (Å²) in [5.41, 5.74) is 2.67. The molecule has 0 unspecified atom stereocenters. The lowest BCUT2D eigenvalue weighted by Crippen LogP contribution is -2.42. The summed E-state index contributed by atoms with van der Waals surface area (Å²) in [4.78, 5) is 38.2. The Kier molecular flexibility index (Phi) is 8.21. The van der Waals surface area contributed by atoms with E-state index in [0.717, 1.165) is 11.1 Å². The van der Waals surface area contributed by atoms with Crippen LogP contribution in [0.5, 0.6) is 0 Å². The highest BCUT2D eigenvalue weighted by Gasteiger charge is 2.17. The number of hydrogen-bond donors (Lipinski definition) is 2. The average Bonchev–Trinajstić information content (AvgIpc) is 2.67. The van der Waals surface area contributed by atoms with E-state index >= 15 is 0 Å². The van der Waals surface area contributed by atoms with Crippen LogP contribution in [0.25, 0.3) is 0 Å². The molecular formula is C22H27N3O3. The SMILES string of the molecule is CCCC(=O)N(CC(=O)NCC(=O)Nc1cccc(C)c1)Cc1ccccc1. The molecule has 28 heavy (non-hydrogen) atoms. The number of carbonyl (C=O) groups excluding carboxylic acids is 3. The van der Waals surface area contributed by atoms with Gasteiger partial charge in [-0.2, -0.15) is 0 Å². The van der Waals surface area contributed by atoms with Crippen LogP contribution in [0, 0.1) is 6.92 Å². The first kappa shape index (κ1) is 21.2. The molecule has 0 fully saturated rings. The van der Waals surface area contributed by atoms with Gasteiger partial charge >= 0.3 is 0 Å². The molecule has 0 bridgehead atoms. The van der Waals surface area contributed by atoms with Crippen molar-refractivity contribution >= 4 is 23.4 Å². The van der Waals surface area contributed by atoms with Gasteiger partial charge in [-0.1, -0.05) is 49.4 Å². The second kappa shape index (κ2) is 10.9. The van der Waals surface area contributed by atoms with Crippen LogP contribution in [-0.2, 0) is 20.9 Å². The van der Waals surface area contributed by atoms with Gasteiger partial charge in [0.05, 0.1) is 13.1 Å². The third kappa shape index (κ3) is 7.23. The minimum Gasteiger partial charge on any atom is -0.345 e. The van der Waals surface area contributed by atoms with Gasteiger partial charge in [0.1, 0.15) is 0 Å². The predicted octanol–water partition coefficient (Wildman–Crippen LogP) is 2.88. The van der Waals surface area contributed by atoms with Crippen molar-refractivity contribution in [2.75, 3.05) is 18.4 Å². The Morgan fingerprint density at radius 1 is 0.964 bits per heavy atom. The minimum atomic E-state index is -0.361. The molecule has 2 rings (SSSR count). The molecule has 0 aliphatic rings. The Morgan fingerprint density at radius 3 is 2.39 bits per heavy atom. The summed E-state index contributed by atoms with van der Waals surface area (Å²) in [7, 11) is 0. The first-order chi connectivity index (χ1) is 13.5. The number of nitrogens with zero attached hydrogens (tertiary/aromatic N) is 1. The second-order valence-corrected chi connectivity index (χ2v) is 6.68. The van der Waals surface area contributed by atoms with Crippen molar-refractivity contribution < 1.29 is 14.4 Å². The second-order valence-electron chi connectivity index (χ2n) is 6.68. The summed E-state index contributed by atoms with van der Waals surface area (Å²) >= 11 is 0. The van der Waals surface area contributed by atoms with Crippen LogP contribution in [-0.4, -0.2) is 35.7 Å². The summed E-state index contributed by atoms with van der Waals surface area (Å²) in [5, 5.41) is 5.33. The number of anilines is 1. The molecule has 148 valence electrons. The van der Waals surface area contributed by atoms with E-state index in [1.54, 1.807) is 6.07 Å². The van der Waals surface area contributed by atoms with E-state index in [0.29, 0.717) is 25.1 Å². The molecule has 6 nitrogen and oxygen atoms in total. The average molecular weight is 381 g/mol. The van der Waals surface area contributed by atoms with Crippen molar-refractivity contribution in [2.45, 2.75) is 33.2 Å². The van der Waals surface area contributed by atoms with E-state index in [2.05, 4.69) is 10.6 Å². The number of nitrogens with one attached hydrogen (secondary N) is 2. The molecule has 0 radical (unpaired) electrons. The Labute approximate surface area is 165 Å².